The molecule has 0 bridgehead atoms. The van der Waals surface area contributed by atoms with Crippen LogP contribution in [-0.4, -0.2) is 38.5 Å². The molecule has 0 radical (unpaired) electrons. The Morgan fingerprint density at radius 1 is 1.41 bits per heavy atom. The van der Waals surface area contributed by atoms with E-state index in [4.69, 9.17) is 16.7 Å². The highest BCUT2D eigenvalue weighted by Gasteiger charge is 2.14. The third-order valence-corrected chi connectivity index (χ3v) is 3.28. The molecule has 1 amide bonds. The molecule has 1 heterocycles. The van der Waals surface area contributed by atoms with Gasteiger partial charge < -0.3 is 10.4 Å². The van der Waals surface area contributed by atoms with Gasteiger partial charge in [0.1, 0.15) is 0 Å². The second kappa shape index (κ2) is 7.04. The van der Waals surface area contributed by atoms with Gasteiger partial charge in [0.15, 0.2) is 5.69 Å². The van der Waals surface area contributed by atoms with Gasteiger partial charge in [-0.05, 0) is 18.1 Å². The molecule has 0 saturated heterocycles. The number of para-hydroxylation sites is 1. The van der Waals surface area contributed by atoms with E-state index in [0.29, 0.717) is 10.7 Å². The molecular weight excluding hydrogens is 308 g/mol. The molecule has 22 heavy (non-hydrogen) atoms. The first-order valence-corrected chi connectivity index (χ1v) is 7.02. The molecule has 1 aromatic carbocycles. The molecule has 0 aliphatic rings. The normalized spacial score (nSPS) is 11.9. The fraction of sp³-hybridized carbons (Fsp3) is 0.286. The quantitative estimate of drug-likeness (QED) is 0.844. The minimum absolute atomic E-state index is 0.00735. The number of nitrogens with zero attached hydrogens (tertiary/aromatic N) is 3. The Kier molecular flexibility index (Phi) is 5.11. The van der Waals surface area contributed by atoms with Gasteiger partial charge in [-0.3, -0.25) is 9.59 Å². The van der Waals surface area contributed by atoms with Crippen molar-refractivity contribution in [2.24, 2.45) is 5.92 Å². The van der Waals surface area contributed by atoms with Gasteiger partial charge in [0.05, 0.1) is 16.9 Å². The molecule has 1 unspecified atom stereocenters. The number of aliphatic carboxylic acids is 1. The van der Waals surface area contributed by atoms with E-state index >= 15 is 0 Å². The van der Waals surface area contributed by atoms with Gasteiger partial charge >= 0.3 is 5.97 Å². The van der Waals surface area contributed by atoms with Crippen LogP contribution in [0.3, 0.4) is 0 Å². The zero-order chi connectivity index (χ0) is 16.1. The summed E-state index contributed by atoms with van der Waals surface area (Å²) in [5, 5.41) is 19.5. The monoisotopic (exact) mass is 322 g/mol. The molecule has 2 aromatic rings. The Hall–Kier alpha value is -2.41. The van der Waals surface area contributed by atoms with Gasteiger partial charge in [-0.25, -0.2) is 4.68 Å². The summed E-state index contributed by atoms with van der Waals surface area (Å²) in [6, 6.07) is 7.07. The number of carbonyl (C=O) groups is 2. The van der Waals surface area contributed by atoms with Crippen molar-refractivity contribution in [3.63, 3.8) is 0 Å². The number of halogens is 1. The van der Waals surface area contributed by atoms with E-state index in [1.807, 2.05) is 0 Å². The molecule has 1 aromatic heterocycles. The molecule has 116 valence electrons. The maximum absolute atomic E-state index is 12.0. The first-order valence-electron chi connectivity index (χ1n) is 6.64. The van der Waals surface area contributed by atoms with Crippen LogP contribution in [0, 0.1) is 5.92 Å². The third kappa shape index (κ3) is 4.05. The highest BCUT2D eigenvalue weighted by molar-refractivity contribution is 6.32. The molecule has 2 N–H and O–H groups in total. The van der Waals surface area contributed by atoms with Crippen LogP contribution in [0.25, 0.3) is 5.69 Å². The highest BCUT2D eigenvalue weighted by atomic mass is 35.5. The summed E-state index contributed by atoms with van der Waals surface area (Å²) in [5.41, 5.74) is 0.761. The van der Waals surface area contributed by atoms with Gasteiger partial charge in [0.25, 0.3) is 5.91 Å². The zero-order valence-electron chi connectivity index (χ0n) is 11.9. The van der Waals surface area contributed by atoms with Crippen molar-refractivity contribution in [2.45, 2.75) is 13.3 Å². The standard InChI is InChI=1S/C14H15ClN4O3/c1-9(6-13(20)21)7-16-14(22)11-8-19(18-17-11)12-5-3-2-4-10(12)15/h2-5,8-9H,6-7H2,1H3,(H,16,22)(H,20,21). The summed E-state index contributed by atoms with van der Waals surface area (Å²) < 4.78 is 1.41. The molecule has 8 heteroatoms. The number of benzene rings is 1. The predicted octanol–water partition coefficient (Wildman–Crippen LogP) is 1.76. The lowest BCUT2D eigenvalue weighted by molar-refractivity contribution is -0.137. The lowest BCUT2D eigenvalue weighted by Crippen LogP contribution is -2.29. The Morgan fingerprint density at radius 2 is 2.14 bits per heavy atom. The minimum atomic E-state index is -0.897. The number of carboxylic acids is 1. The molecule has 0 aliphatic heterocycles. The van der Waals surface area contributed by atoms with E-state index < -0.39 is 11.9 Å². The lowest BCUT2D eigenvalue weighted by Gasteiger charge is -2.08. The summed E-state index contributed by atoms with van der Waals surface area (Å²) in [5.74, 6) is -1.47. The number of nitrogens with one attached hydrogen (secondary N) is 1. The van der Waals surface area contributed by atoms with Crippen LogP contribution >= 0.6 is 11.6 Å². The van der Waals surface area contributed by atoms with Crippen LogP contribution in [0.5, 0.6) is 0 Å². The average Bonchev–Trinajstić information content (AvgIpc) is 2.94. The van der Waals surface area contributed by atoms with E-state index in [2.05, 4.69) is 15.6 Å². The van der Waals surface area contributed by atoms with Gasteiger partial charge in [-0.15, -0.1) is 5.10 Å². The maximum atomic E-state index is 12.0. The fourth-order valence-corrected chi connectivity index (χ4v) is 2.07. The lowest BCUT2D eigenvalue weighted by atomic mass is 10.1. The average molecular weight is 323 g/mol. The molecule has 1 atom stereocenters. The van der Waals surface area contributed by atoms with Crippen molar-refractivity contribution in [1.29, 1.82) is 0 Å². The van der Waals surface area contributed by atoms with Gasteiger partial charge in [-0.1, -0.05) is 35.9 Å². The molecule has 0 spiro atoms. The molecular formula is C14H15ClN4O3. The number of rotatable bonds is 6. The Balaban J connectivity index is 2.01. The van der Waals surface area contributed by atoms with Crippen molar-refractivity contribution < 1.29 is 14.7 Å². The zero-order valence-corrected chi connectivity index (χ0v) is 12.6. The number of hydrogen-bond acceptors (Lipinski definition) is 4. The minimum Gasteiger partial charge on any atom is -0.481 e. The topological polar surface area (TPSA) is 97.1 Å². The predicted molar refractivity (Wildman–Crippen MR) is 80.1 cm³/mol. The van der Waals surface area contributed by atoms with Crippen LogP contribution in [0.4, 0.5) is 0 Å². The van der Waals surface area contributed by atoms with E-state index in [1.165, 1.54) is 10.9 Å². The van der Waals surface area contributed by atoms with Crippen LogP contribution in [0.15, 0.2) is 30.5 Å². The van der Waals surface area contributed by atoms with Crippen LogP contribution in [-0.2, 0) is 4.79 Å². The second-order valence-corrected chi connectivity index (χ2v) is 5.32. The van der Waals surface area contributed by atoms with Crippen LogP contribution in [0.2, 0.25) is 5.02 Å². The summed E-state index contributed by atoms with van der Waals surface area (Å²) >= 11 is 6.05. The summed E-state index contributed by atoms with van der Waals surface area (Å²) in [6.45, 7) is 2.00. The summed E-state index contributed by atoms with van der Waals surface area (Å²) in [6.07, 6.45) is 1.46. The van der Waals surface area contributed by atoms with Gasteiger partial charge in [-0.2, -0.15) is 0 Å². The van der Waals surface area contributed by atoms with Crippen molar-refractivity contribution >= 4 is 23.5 Å². The number of carboxylic acid groups (broad SMARTS) is 1. The Morgan fingerprint density at radius 3 is 2.82 bits per heavy atom. The number of hydrogen-bond donors (Lipinski definition) is 2. The number of carbonyl (C=O) groups excluding carboxylic acids is 1. The summed E-state index contributed by atoms with van der Waals surface area (Å²) in [4.78, 5) is 22.5. The van der Waals surface area contributed by atoms with Gasteiger partial charge in [0, 0.05) is 13.0 Å². The van der Waals surface area contributed by atoms with E-state index in [9.17, 15) is 9.59 Å². The summed E-state index contributed by atoms with van der Waals surface area (Å²) in [7, 11) is 0. The van der Waals surface area contributed by atoms with Crippen molar-refractivity contribution in [1.82, 2.24) is 20.3 Å². The van der Waals surface area contributed by atoms with Crippen molar-refractivity contribution in [3.8, 4) is 5.69 Å². The van der Waals surface area contributed by atoms with Crippen molar-refractivity contribution in [3.05, 3.63) is 41.2 Å². The third-order valence-electron chi connectivity index (χ3n) is 2.96. The molecule has 7 nitrogen and oxygen atoms in total. The fourth-order valence-electron chi connectivity index (χ4n) is 1.85. The van der Waals surface area contributed by atoms with E-state index in [0.717, 1.165) is 0 Å². The smallest absolute Gasteiger partial charge is 0.303 e. The van der Waals surface area contributed by atoms with Gasteiger partial charge in [0.2, 0.25) is 0 Å². The van der Waals surface area contributed by atoms with E-state index in [1.54, 1.807) is 31.2 Å². The molecule has 0 aliphatic carbocycles. The number of amides is 1. The Labute approximate surface area is 131 Å². The molecule has 0 saturated carbocycles. The molecule has 0 fully saturated rings. The van der Waals surface area contributed by atoms with Crippen LogP contribution < -0.4 is 5.32 Å². The Bertz CT molecular complexity index is 686. The first kappa shape index (κ1) is 16.0. The second-order valence-electron chi connectivity index (χ2n) is 4.91. The highest BCUT2D eigenvalue weighted by Crippen LogP contribution is 2.18. The molecule has 2 rings (SSSR count). The van der Waals surface area contributed by atoms with Crippen LogP contribution in [0.1, 0.15) is 23.8 Å². The largest absolute Gasteiger partial charge is 0.481 e. The first-order chi connectivity index (χ1) is 10.5. The number of aromatic nitrogens is 3. The maximum Gasteiger partial charge on any atom is 0.303 e. The SMILES string of the molecule is CC(CNC(=O)c1cn(-c2ccccc2Cl)nn1)CC(=O)O. The van der Waals surface area contributed by atoms with E-state index in [-0.39, 0.29) is 24.6 Å². The van der Waals surface area contributed by atoms with Crippen molar-refractivity contribution in [2.75, 3.05) is 6.54 Å².